The van der Waals surface area contributed by atoms with Crippen molar-refractivity contribution in [3.05, 3.63) is 78.7 Å². The largest absolute Gasteiger partial charge is 0.497 e. The minimum atomic E-state index is 0.927. The zero-order valence-corrected chi connectivity index (χ0v) is 19.5. The number of anilines is 2. The van der Waals surface area contributed by atoms with Gasteiger partial charge in [-0.2, -0.15) is 0 Å². The predicted octanol–water partition coefficient (Wildman–Crippen LogP) is 5.21. The Labute approximate surface area is 196 Å². The average molecular weight is 443 g/mol. The second-order valence-corrected chi connectivity index (χ2v) is 8.95. The molecular weight excluding hydrogens is 408 g/mol. The van der Waals surface area contributed by atoms with Crippen LogP contribution in [0.2, 0.25) is 0 Å². The van der Waals surface area contributed by atoms with Gasteiger partial charge in [0.15, 0.2) is 0 Å². The molecule has 1 saturated heterocycles. The maximum atomic E-state index is 5.39. The van der Waals surface area contributed by atoms with Crippen molar-refractivity contribution in [1.82, 2.24) is 9.88 Å². The molecule has 2 aliphatic rings. The van der Waals surface area contributed by atoms with Gasteiger partial charge in [-0.15, -0.1) is 0 Å². The van der Waals surface area contributed by atoms with Crippen LogP contribution in [0.25, 0.3) is 10.9 Å². The van der Waals surface area contributed by atoms with Gasteiger partial charge in [-0.3, -0.25) is 4.90 Å². The minimum Gasteiger partial charge on any atom is -0.497 e. The van der Waals surface area contributed by atoms with Gasteiger partial charge >= 0.3 is 0 Å². The Kier molecular flexibility index (Phi) is 6.68. The topological polar surface area (TPSA) is 34.7 Å². The average Bonchev–Trinajstić information content (AvgIpc) is 3.29. The smallest absolute Gasteiger partial charge is 0.119 e. The van der Waals surface area contributed by atoms with Crippen LogP contribution in [0.4, 0.5) is 11.4 Å². The SMILES string of the molecule is COc1ccc2[nH]cc(CCCCN3CCN(c4ccc(N5C=CC=CC5)cc4)CC3)c2c1. The first-order chi connectivity index (χ1) is 16.3. The molecule has 0 spiro atoms. The van der Waals surface area contributed by atoms with Gasteiger partial charge in [0.2, 0.25) is 0 Å². The van der Waals surface area contributed by atoms with Crippen LogP contribution in [0.15, 0.2) is 73.1 Å². The van der Waals surface area contributed by atoms with Gasteiger partial charge in [-0.25, -0.2) is 0 Å². The van der Waals surface area contributed by atoms with E-state index in [-0.39, 0.29) is 0 Å². The molecule has 0 radical (unpaired) electrons. The van der Waals surface area contributed by atoms with Crippen LogP contribution in [0.5, 0.6) is 5.75 Å². The number of H-pyrrole nitrogens is 1. The van der Waals surface area contributed by atoms with E-state index in [1.165, 1.54) is 47.2 Å². The van der Waals surface area contributed by atoms with Crippen LogP contribution in [-0.4, -0.2) is 56.3 Å². The van der Waals surface area contributed by atoms with E-state index in [4.69, 9.17) is 4.74 Å². The second kappa shape index (κ2) is 10.2. The zero-order chi connectivity index (χ0) is 22.5. The number of benzene rings is 2. The van der Waals surface area contributed by atoms with Crippen molar-refractivity contribution in [3.63, 3.8) is 0 Å². The lowest BCUT2D eigenvalue weighted by molar-refractivity contribution is 0.253. The molecule has 172 valence electrons. The molecule has 1 fully saturated rings. The first kappa shape index (κ1) is 21.7. The molecule has 33 heavy (non-hydrogen) atoms. The summed E-state index contributed by atoms with van der Waals surface area (Å²) in [5.41, 5.74) is 5.18. The number of nitrogens with zero attached hydrogens (tertiary/aromatic N) is 3. The summed E-state index contributed by atoms with van der Waals surface area (Å²) in [5.74, 6) is 0.927. The molecule has 5 rings (SSSR count). The molecule has 0 saturated carbocycles. The molecular formula is C28H34N4O. The summed E-state index contributed by atoms with van der Waals surface area (Å²) in [6, 6.07) is 15.3. The van der Waals surface area contributed by atoms with E-state index in [1.54, 1.807) is 7.11 Å². The molecule has 2 aliphatic heterocycles. The molecule has 5 nitrogen and oxygen atoms in total. The number of allylic oxidation sites excluding steroid dienone is 2. The van der Waals surface area contributed by atoms with Crippen LogP contribution >= 0.6 is 0 Å². The van der Waals surface area contributed by atoms with E-state index in [1.807, 2.05) is 6.07 Å². The summed E-state index contributed by atoms with van der Waals surface area (Å²) < 4.78 is 5.39. The lowest BCUT2D eigenvalue weighted by Gasteiger charge is -2.36. The highest BCUT2D eigenvalue weighted by atomic mass is 16.5. The van der Waals surface area contributed by atoms with Gasteiger partial charge in [0, 0.05) is 67.4 Å². The summed E-state index contributed by atoms with van der Waals surface area (Å²) in [6.07, 6.45) is 14.2. The number of aryl methyl sites for hydroxylation is 1. The third-order valence-corrected chi connectivity index (χ3v) is 6.88. The number of rotatable bonds is 8. The van der Waals surface area contributed by atoms with Crippen molar-refractivity contribution in [3.8, 4) is 5.75 Å². The highest BCUT2D eigenvalue weighted by Crippen LogP contribution is 2.25. The van der Waals surface area contributed by atoms with Gasteiger partial charge in [-0.05, 0) is 79.9 Å². The van der Waals surface area contributed by atoms with Crippen LogP contribution in [-0.2, 0) is 6.42 Å². The van der Waals surface area contributed by atoms with E-state index in [0.29, 0.717) is 0 Å². The maximum Gasteiger partial charge on any atom is 0.119 e. The Morgan fingerprint density at radius 3 is 2.48 bits per heavy atom. The fraction of sp³-hybridized carbons (Fsp3) is 0.357. The van der Waals surface area contributed by atoms with Gasteiger partial charge in [0.05, 0.1) is 7.11 Å². The number of aromatic nitrogens is 1. The van der Waals surface area contributed by atoms with Gasteiger partial charge < -0.3 is 19.5 Å². The van der Waals surface area contributed by atoms with E-state index < -0.39 is 0 Å². The first-order valence-electron chi connectivity index (χ1n) is 12.1. The Balaban J connectivity index is 1.06. The maximum absolute atomic E-state index is 5.39. The van der Waals surface area contributed by atoms with Crippen LogP contribution in [0.3, 0.4) is 0 Å². The molecule has 2 aromatic carbocycles. The van der Waals surface area contributed by atoms with Crippen LogP contribution < -0.4 is 14.5 Å². The number of hydrogen-bond acceptors (Lipinski definition) is 4. The summed E-state index contributed by atoms with van der Waals surface area (Å²) in [5, 5.41) is 1.29. The molecule has 1 aromatic heterocycles. The predicted molar refractivity (Wildman–Crippen MR) is 139 cm³/mol. The lowest BCUT2D eigenvalue weighted by Crippen LogP contribution is -2.46. The van der Waals surface area contributed by atoms with E-state index in [9.17, 15) is 0 Å². The number of aromatic amines is 1. The van der Waals surface area contributed by atoms with E-state index >= 15 is 0 Å². The molecule has 5 heteroatoms. The number of nitrogens with one attached hydrogen (secondary N) is 1. The van der Waals surface area contributed by atoms with E-state index in [0.717, 1.165) is 44.9 Å². The van der Waals surface area contributed by atoms with Crippen molar-refractivity contribution in [2.75, 3.05) is 56.2 Å². The normalized spacial score (nSPS) is 16.6. The van der Waals surface area contributed by atoms with Crippen molar-refractivity contribution in [2.24, 2.45) is 0 Å². The number of fused-ring (bicyclic) bond motifs is 1. The van der Waals surface area contributed by atoms with Gasteiger partial charge in [0.1, 0.15) is 5.75 Å². The van der Waals surface area contributed by atoms with Crippen molar-refractivity contribution >= 4 is 22.3 Å². The molecule has 0 aliphatic carbocycles. The second-order valence-electron chi connectivity index (χ2n) is 8.95. The monoisotopic (exact) mass is 442 g/mol. The Morgan fingerprint density at radius 2 is 1.73 bits per heavy atom. The number of ether oxygens (including phenoxy) is 1. The summed E-state index contributed by atoms with van der Waals surface area (Å²) in [4.78, 5) is 10.8. The van der Waals surface area contributed by atoms with Crippen molar-refractivity contribution < 1.29 is 4.74 Å². The standard InChI is InChI=1S/C28H34N4O/c1-33-26-12-13-28-27(21-26)23(22-29-28)7-3-6-14-30-17-19-32(20-18-30)25-10-8-24(9-11-25)31-15-4-2-5-16-31/h2,4-5,8-13,15,21-22,29H,3,6-7,14,16-20H2,1H3. The number of hydrogen-bond donors (Lipinski definition) is 1. The Hall–Kier alpha value is -3.18. The molecule has 0 atom stereocenters. The molecule has 0 unspecified atom stereocenters. The summed E-state index contributed by atoms with van der Waals surface area (Å²) in [7, 11) is 1.73. The number of unbranched alkanes of at least 4 members (excludes halogenated alkanes) is 1. The molecule has 0 bridgehead atoms. The zero-order valence-electron chi connectivity index (χ0n) is 19.5. The van der Waals surface area contributed by atoms with Gasteiger partial charge in [-0.1, -0.05) is 12.2 Å². The van der Waals surface area contributed by atoms with Crippen molar-refractivity contribution in [1.29, 1.82) is 0 Å². The molecule has 1 N–H and O–H groups in total. The number of piperazine rings is 1. The fourth-order valence-electron chi connectivity index (χ4n) is 4.89. The van der Waals surface area contributed by atoms with Crippen LogP contribution in [0.1, 0.15) is 18.4 Å². The Morgan fingerprint density at radius 1 is 0.909 bits per heavy atom. The number of methoxy groups -OCH3 is 1. The van der Waals surface area contributed by atoms with Crippen LogP contribution in [0, 0.1) is 0 Å². The Bertz CT molecular complexity index is 1110. The quantitative estimate of drug-likeness (QED) is 0.486. The third-order valence-electron chi connectivity index (χ3n) is 6.88. The molecule has 3 heterocycles. The summed E-state index contributed by atoms with van der Waals surface area (Å²) >= 11 is 0. The van der Waals surface area contributed by atoms with E-state index in [2.05, 4.69) is 86.7 Å². The lowest BCUT2D eigenvalue weighted by atomic mass is 10.1. The molecule has 3 aromatic rings. The first-order valence-corrected chi connectivity index (χ1v) is 12.1. The summed E-state index contributed by atoms with van der Waals surface area (Å²) in [6.45, 7) is 6.63. The van der Waals surface area contributed by atoms with Crippen molar-refractivity contribution in [2.45, 2.75) is 19.3 Å². The molecule has 0 amide bonds. The van der Waals surface area contributed by atoms with Gasteiger partial charge in [0.25, 0.3) is 0 Å². The highest BCUT2D eigenvalue weighted by Gasteiger charge is 2.17. The minimum absolute atomic E-state index is 0.927. The highest BCUT2D eigenvalue weighted by molar-refractivity contribution is 5.84. The fourth-order valence-corrected chi connectivity index (χ4v) is 4.89. The third kappa shape index (κ3) is 5.09.